The van der Waals surface area contributed by atoms with Crippen molar-refractivity contribution in [1.29, 1.82) is 0 Å². The average Bonchev–Trinajstić information content (AvgIpc) is 2.26. The first-order valence-corrected chi connectivity index (χ1v) is 6.80. The van der Waals surface area contributed by atoms with Crippen molar-refractivity contribution in [3.63, 3.8) is 0 Å². The van der Waals surface area contributed by atoms with E-state index in [1.54, 1.807) is 18.2 Å². The van der Waals surface area contributed by atoms with E-state index in [2.05, 4.69) is 48.9 Å². The molecule has 4 heteroatoms. The third-order valence-corrected chi connectivity index (χ3v) is 4.17. The molecule has 1 aromatic carbocycles. The largest absolute Gasteiger partial charge is 0.478 e. The highest BCUT2D eigenvalue weighted by atomic mass is 79.9. The van der Waals surface area contributed by atoms with E-state index < -0.39 is 5.97 Å². The number of benzene rings is 1. The molecule has 0 aliphatic carbocycles. The number of aromatic carboxylic acids is 1. The van der Waals surface area contributed by atoms with Crippen LogP contribution < -0.4 is 5.32 Å². The summed E-state index contributed by atoms with van der Waals surface area (Å²) in [6.07, 6.45) is 0. The Balaban J connectivity index is 2.78. The minimum atomic E-state index is -0.912. The maximum atomic E-state index is 10.8. The van der Waals surface area contributed by atoms with Gasteiger partial charge in [-0.15, -0.1) is 0 Å². The van der Waals surface area contributed by atoms with Gasteiger partial charge >= 0.3 is 5.97 Å². The van der Waals surface area contributed by atoms with Crippen LogP contribution in [0.15, 0.2) is 22.7 Å². The number of nitrogens with one attached hydrogen (secondary N) is 1. The van der Waals surface area contributed by atoms with Gasteiger partial charge in [-0.25, -0.2) is 4.79 Å². The van der Waals surface area contributed by atoms with E-state index in [0.29, 0.717) is 5.92 Å². The van der Waals surface area contributed by atoms with Gasteiger partial charge in [0.05, 0.1) is 5.56 Å². The van der Waals surface area contributed by atoms with Crippen LogP contribution in [-0.4, -0.2) is 17.6 Å². The molecule has 3 nitrogen and oxygen atoms in total. The third kappa shape index (κ3) is 3.73. The first kappa shape index (κ1) is 15.0. The molecule has 100 valence electrons. The molecule has 0 spiro atoms. The van der Waals surface area contributed by atoms with Crippen molar-refractivity contribution in [2.75, 3.05) is 11.9 Å². The zero-order chi connectivity index (χ0) is 13.9. The summed E-state index contributed by atoms with van der Waals surface area (Å²) in [4.78, 5) is 10.8. The molecular weight excluding hydrogens is 294 g/mol. The lowest BCUT2D eigenvalue weighted by molar-refractivity contribution is 0.0697. The number of carboxylic acid groups (broad SMARTS) is 1. The van der Waals surface area contributed by atoms with Crippen molar-refractivity contribution in [3.8, 4) is 0 Å². The number of hydrogen-bond donors (Lipinski definition) is 2. The summed E-state index contributed by atoms with van der Waals surface area (Å²) < 4.78 is 0.780. The maximum absolute atomic E-state index is 10.8. The summed E-state index contributed by atoms with van der Waals surface area (Å²) in [7, 11) is 0. The average molecular weight is 314 g/mol. The van der Waals surface area contributed by atoms with Gasteiger partial charge in [-0.3, -0.25) is 0 Å². The van der Waals surface area contributed by atoms with E-state index >= 15 is 0 Å². The summed E-state index contributed by atoms with van der Waals surface area (Å²) in [5, 5.41) is 12.3. The van der Waals surface area contributed by atoms with Crippen LogP contribution in [-0.2, 0) is 0 Å². The molecule has 0 aromatic heterocycles. The Hall–Kier alpha value is -1.03. The van der Waals surface area contributed by atoms with E-state index in [9.17, 15) is 4.79 Å². The van der Waals surface area contributed by atoms with Crippen molar-refractivity contribution in [2.45, 2.75) is 27.7 Å². The maximum Gasteiger partial charge on any atom is 0.335 e. The zero-order valence-electron chi connectivity index (χ0n) is 11.2. The van der Waals surface area contributed by atoms with E-state index in [1.807, 2.05) is 0 Å². The molecule has 0 atom stereocenters. The second-order valence-corrected chi connectivity index (χ2v) is 6.35. The molecule has 0 amide bonds. The van der Waals surface area contributed by atoms with Gasteiger partial charge in [-0.1, -0.05) is 27.7 Å². The first-order chi connectivity index (χ1) is 8.24. The van der Waals surface area contributed by atoms with Gasteiger partial charge in [0.15, 0.2) is 0 Å². The van der Waals surface area contributed by atoms with E-state index in [0.717, 1.165) is 16.7 Å². The van der Waals surface area contributed by atoms with Crippen LogP contribution in [0.3, 0.4) is 0 Å². The first-order valence-electron chi connectivity index (χ1n) is 6.01. The fourth-order valence-corrected chi connectivity index (χ4v) is 1.84. The van der Waals surface area contributed by atoms with E-state index in [4.69, 9.17) is 5.11 Å². The van der Waals surface area contributed by atoms with Crippen LogP contribution in [0.2, 0.25) is 0 Å². The van der Waals surface area contributed by atoms with Crippen LogP contribution >= 0.6 is 15.9 Å². The number of carboxylic acids is 1. The molecule has 0 saturated heterocycles. The van der Waals surface area contributed by atoms with Crippen molar-refractivity contribution in [1.82, 2.24) is 0 Å². The van der Waals surface area contributed by atoms with Crippen molar-refractivity contribution in [2.24, 2.45) is 11.3 Å². The highest BCUT2D eigenvalue weighted by Gasteiger charge is 2.22. The van der Waals surface area contributed by atoms with E-state index in [1.165, 1.54) is 0 Å². The molecule has 0 aliphatic heterocycles. The van der Waals surface area contributed by atoms with Crippen molar-refractivity contribution >= 4 is 27.6 Å². The second kappa shape index (κ2) is 5.74. The molecule has 18 heavy (non-hydrogen) atoms. The Morgan fingerprint density at radius 2 is 2.06 bits per heavy atom. The molecule has 0 aliphatic rings. The van der Waals surface area contributed by atoms with Crippen LogP contribution in [0.25, 0.3) is 0 Å². The fourth-order valence-electron chi connectivity index (χ4n) is 1.32. The van der Waals surface area contributed by atoms with Crippen LogP contribution in [0.4, 0.5) is 5.69 Å². The monoisotopic (exact) mass is 313 g/mol. The number of rotatable bonds is 5. The molecule has 0 unspecified atom stereocenters. The lowest BCUT2D eigenvalue weighted by atomic mass is 9.81. The highest BCUT2D eigenvalue weighted by Crippen LogP contribution is 2.29. The lowest BCUT2D eigenvalue weighted by Gasteiger charge is -2.30. The SMILES string of the molecule is CC(C)C(C)(C)CNc1ccc(C(=O)O)cc1Br. The summed E-state index contributed by atoms with van der Waals surface area (Å²) in [5.41, 5.74) is 1.40. The number of hydrogen-bond acceptors (Lipinski definition) is 2. The van der Waals surface area contributed by atoms with E-state index in [-0.39, 0.29) is 11.0 Å². The Bertz CT molecular complexity index is 441. The molecule has 1 rings (SSSR count). The minimum Gasteiger partial charge on any atom is -0.478 e. The molecule has 0 saturated carbocycles. The van der Waals surface area contributed by atoms with Gasteiger partial charge in [-0.05, 0) is 45.5 Å². The summed E-state index contributed by atoms with van der Waals surface area (Å²) in [6.45, 7) is 9.67. The number of anilines is 1. The third-order valence-electron chi connectivity index (χ3n) is 3.51. The van der Waals surface area contributed by atoms with Crippen molar-refractivity contribution < 1.29 is 9.90 Å². The predicted octanol–water partition coefficient (Wildman–Crippen LogP) is 4.24. The van der Waals surface area contributed by atoms with Gasteiger partial charge in [0.2, 0.25) is 0 Å². The Morgan fingerprint density at radius 1 is 1.44 bits per heavy atom. The van der Waals surface area contributed by atoms with Crippen LogP contribution in [0.1, 0.15) is 38.1 Å². The standard InChI is InChI=1S/C14H20BrNO2/c1-9(2)14(3,4)8-16-12-6-5-10(13(17)18)7-11(12)15/h5-7,9,16H,8H2,1-4H3,(H,17,18). The van der Waals surface area contributed by atoms with Crippen LogP contribution in [0.5, 0.6) is 0 Å². The Labute approximate surface area is 117 Å². The van der Waals surface area contributed by atoms with Gasteiger partial charge in [0.25, 0.3) is 0 Å². The summed E-state index contributed by atoms with van der Waals surface area (Å²) >= 11 is 3.39. The minimum absolute atomic E-state index is 0.185. The molecule has 0 radical (unpaired) electrons. The number of carbonyl (C=O) groups is 1. The smallest absolute Gasteiger partial charge is 0.335 e. The summed E-state index contributed by atoms with van der Waals surface area (Å²) in [6, 6.07) is 5.02. The second-order valence-electron chi connectivity index (χ2n) is 5.50. The number of halogens is 1. The Kier molecular flexibility index (Phi) is 4.79. The quantitative estimate of drug-likeness (QED) is 0.854. The predicted molar refractivity (Wildman–Crippen MR) is 78.2 cm³/mol. The highest BCUT2D eigenvalue weighted by molar-refractivity contribution is 9.10. The molecule has 0 heterocycles. The summed E-state index contributed by atoms with van der Waals surface area (Å²) in [5.74, 6) is -0.341. The lowest BCUT2D eigenvalue weighted by Crippen LogP contribution is -2.28. The zero-order valence-corrected chi connectivity index (χ0v) is 12.8. The van der Waals surface area contributed by atoms with Crippen LogP contribution in [0, 0.1) is 11.3 Å². The van der Waals surface area contributed by atoms with Crippen molar-refractivity contribution in [3.05, 3.63) is 28.2 Å². The van der Waals surface area contributed by atoms with Gasteiger partial charge in [0, 0.05) is 16.7 Å². The normalized spacial score (nSPS) is 11.7. The molecule has 0 bridgehead atoms. The van der Waals surface area contributed by atoms with Gasteiger partial charge in [-0.2, -0.15) is 0 Å². The molecule has 2 N–H and O–H groups in total. The topological polar surface area (TPSA) is 49.3 Å². The fraction of sp³-hybridized carbons (Fsp3) is 0.500. The molecule has 1 aromatic rings. The molecule has 0 fully saturated rings. The molecular formula is C14H20BrNO2. The Morgan fingerprint density at radius 3 is 2.50 bits per heavy atom. The van der Waals surface area contributed by atoms with Gasteiger partial charge in [0.1, 0.15) is 0 Å². The van der Waals surface area contributed by atoms with Gasteiger partial charge < -0.3 is 10.4 Å².